The normalized spacial score (nSPS) is 26.7. The first kappa shape index (κ1) is 9.94. The van der Waals surface area contributed by atoms with E-state index >= 15 is 0 Å². The zero-order chi connectivity index (χ0) is 9.97. The van der Waals surface area contributed by atoms with Crippen LogP contribution in [0.15, 0.2) is 18.3 Å². The summed E-state index contributed by atoms with van der Waals surface area (Å²) in [4.78, 5) is 4.10. The molecule has 0 spiro atoms. The fourth-order valence-electron chi connectivity index (χ4n) is 2.09. The lowest BCUT2D eigenvalue weighted by Crippen LogP contribution is -2.04. The van der Waals surface area contributed by atoms with Gasteiger partial charge in [0.15, 0.2) is 0 Å². The molecule has 76 valence electrons. The smallest absolute Gasteiger partial charge is 0.129 e. The number of halogens is 1. The van der Waals surface area contributed by atoms with E-state index in [1.54, 1.807) is 7.11 Å². The van der Waals surface area contributed by atoms with Gasteiger partial charge in [-0.05, 0) is 36.8 Å². The van der Waals surface area contributed by atoms with Gasteiger partial charge in [-0.1, -0.05) is 17.7 Å². The Kier molecular flexibility index (Phi) is 3.04. The van der Waals surface area contributed by atoms with Gasteiger partial charge >= 0.3 is 0 Å². The van der Waals surface area contributed by atoms with Crippen molar-refractivity contribution in [1.29, 1.82) is 0 Å². The Morgan fingerprint density at radius 2 is 2.29 bits per heavy atom. The second-order valence-electron chi connectivity index (χ2n) is 3.78. The van der Waals surface area contributed by atoms with Gasteiger partial charge in [0.2, 0.25) is 0 Å². The molecule has 2 rings (SSSR count). The second kappa shape index (κ2) is 4.28. The van der Waals surface area contributed by atoms with Gasteiger partial charge in [0.05, 0.1) is 6.10 Å². The first-order valence-electron chi connectivity index (χ1n) is 4.94. The van der Waals surface area contributed by atoms with Gasteiger partial charge in [-0.2, -0.15) is 0 Å². The average molecular weight is 212 g/mol. The van der Waals surface area contributed by atoms with Crippen LogP contribution in [0.4, 0.5) is 0 Å². The molecular formula is C11H14ClNO. The van der Waals surface area contributed by atoms with Gasteiger partial charge < -0.3 is 4.74 Å². The molecule has 1 aliphatic carbocycles. The Balaban J connectivity index is 2.06. The van der Waals surface area contributed by atoms with Gasteiger partial charge in [0, 0.05) is 13.3 Å². The Hall–Kier alpha value is -0.600. The summed E-state index contributed by atoms with van der Waals surface area (Å²) in [6.45, 7) is 0. The molecule has 0 amide bonds. The van der Waals surface area contributed by atoms with Gasteiger partial charge in [-0.3, -0.25) is 0 Å². The number of ether oxygens (including phenoxy) is 1. The summed E-state index contributed by atoms with van der Waals surface area (Å²) < 4.78 is 5.34. The van der Waals surface area contributed by atoms with Crippen molar-refractivity contribution in [1.82, 2.24) is 4.98 Å². The van der Waals surface area contributed by atoms with E-state index in [1.165, 1.54) is 12.0 Å². The van der Waals surface area contributed by atoms with E-state index in [1.807, 2.05) is 12.3 Å². The molecule has 0 aromatic carbocycles. The lowest BCUT2D eigenvalue weighted by Gasteiger charge is -2.09. The van der Waals surface area contributed by atoms with Crippen LogP contribution in [0.5, 0.6) is 0 Å². The van der Waals surface area contributed by atoms with E-state index in [0.717, 1.165) is 12.8 Å². The quantitative estimate of drug-likeness (QED) is 0.702. The van der Waals surface area contributed by atoms with Crippen molar-refractivity contribution in [2.75, 3.05) is 7.11 Å². The third kappa shape index (κ3) is 2.07. The van der Waals surface area contributed by atoms with Crippen LogP contribution < -0.4 is 0 Å². The lowest BCUT2D eigenvalue weighted by atomic mass is 10.00. The van der Waals surface area contributed by atoms with Crippen molar-refractivity contribution >= 4 is 11.6 Å². The van der Waals surface area contributed by atoms with E-state index in [-0.39, 0.29) is 0 Å². The molecule has 1 fully saturated rings. The van der Waals surface area contributed by atoms with Crippen molar-refractivity contribution in [2.24, 2.45) is 0 Å². The van der Waals surface area contributed by atoms with Crippen LogP contribution in [-0.2, 0) is 4.74 Å². The van der Waals surface area contributed by atoms with Crippen molar-refractivity contribution in [3.8, 4) is 0 Å². The first-order valence-corrected chi connectivity index (χ1v) is 5.31. The molecule has 2 nitrogen and oxygen atoms in total. The van der Waals surface area contributed by atoms with E-state index in [9.17, 15) is 0 Å². The minimum absolute atomic E-state index is 0.427. The zero-order valence-electron chi connectivity index (χ0n) is 8.24. The molecule has 1 saturated carbocycles. The monoisotopic (exact) mass is 211 g/mol. The summed E-state index contributed by atoms with van der Waals surface area (Å²) in [5, 5.41) is 0.565. The van der Waals surface area contributed by atoms with Crippen molar-refractivity contribution in [3.05, 3.63) is 29.0 Å². The van der Waals surface area contributed by atoms with Crippen LogP contribution in [0.2, 0.25) is 5.15 Å². The molecule has 1 aromatic heterocycles. The largest absolute Gasteiger partial charge is 0.381 e. The first-order chi connectivity index (χ1) is 6.79. The maximum Gasteiger partial charge on any atom is 0.129 e. The molecule has 1 aliphatic rings. The molecule has 0 radical (unpaired) electrons. The molecule has 2 unspecified atom stereocenters. The highest BCUT2D eigenvalue weighted by molar-refractivity contribution is 6.29. The third-order valence-corrected chi connectivity index (χ3v) is 3.16. The molecule has 3 heteroatoms. The van der Waals surface area contributed by atoms with Crippen molar-refractivity contribution < 1.29 is 4.74 Å². The van der Waals surface area contributed by atoms with Crippen LogP contribution >= 0.6 is 11.6 Å². The number of methoxy groups -OCH3 is 1. The number of nitrogens with zero attached hydrogens (tertiary/aromatic N) is 1. The minimum Gasteiger partial charge on any atom is -0.381 e. The van der Waals surface area contributed by atoms with Crippen LogP contribution in [0.25, 0.3) is 0 Å². The molecule has 0 aliphatic heterocycles. The van der Waals surface area contributed by atoms with E-state index in [2.05, 4.69) is 11.1 Å². The van der Waals surface area contributed by atoms with E-state index in [4.69, 9.17) is 16.3 Å². The molecule has 2 atom stereocenters. The maximum atomic E-state index is 5.74. The maximum absolute atomic E-state index is 5.74. The zero-order valence-corrected chi connectivity index (χ0v) is 9.00. The summed E-state index contributed by atoms with van der Waals surface area (Å²) >= 11 is 5.74. The summed E-state index contributed by atoms with van der Waals surface area (Å²) in [7, 11) is 1.78. The second-order valence-corrected chi connectivity index (χ2v) is 4.17. The van der Waals surface area contributed by atoms with Gasteiger partial charge in [0.25, 0.3) is 0 Å². The summed E-state index contributed by atoms with van der Waals surface area (Å²) in [6.07, 6.45) is 5.77. The molecule has 0 N–H and O–H groups in total. The minimum atomic E-state index is 0.427. The number of hydrogen-bond acceptors (Lipinski definition) is 2. The highest BCUT2D eigenvalue weighted by atomic mass is 35.5. The van der Waals surface area contributed by atoms with Crippen molar-refractivity contribution in [3.63, 3.8) is 0 Å². The predicted octanol–water partition coefficient (Wildman–Crippen LogP) is 3.02. The number of hydrogen-bond donors (Lipinski definition) is 0. The fourth-order valence-corrected chi connectivity index (χ4v) is 2.20. The van der Waals surface area contributed by atoms with Gasteiger partial charge in [-0.25, -0.2) is 4.98 Å². The van der Waals surface area contributed by atoms with E-state index in [0.29, 0.717) is 17.2 Å². The number of rotatable bonds is 2. The summed E-state index contributed by atoms with van der Waals surface area (Å²) in [5.74, 6) is 0.602. The van der Waals surface area contributed by atoms with E-state index < -0.39 is 0 Å². The SMILES string of the molecule is COC1CCC(c2ccc(Cl)nc2)C1. The van der Waals surface area contributed by atoms with Crippen LogP contribution in [0.1, 0.15) is 30.7 Å². The van der Waals surface area contributed by atoms with Crippen molar-refractivity contribution in [2.45, 2.75) is 31.3 Å². The Morgan fingerprint density at radius 3 is 2.86 bits per heavy atom. The highest BCUT2D eigenvalue weighted by Gasteiger charge is 2.25. The molecule has 14 heavy (non-hydrogen) atoms. The van der Waals surface area contributed by atoms with Crippen LogP contribution in [0.3, 0.4) is 0 Å². The standard InChI is InChI=1S/C11H14ClNO/c1-14-10-4-2-8(6-10)9-3-5-11(12)13-7-9/h3,5,7-8,10H,2,4,6H2,1H3. The molecular weight excluding hydrogens is 198 g/mol. The Bertz CT molecular complexity index is 299. The summed E-state index contributed by atoms with van der Waals surface area (Å²) in [6, 6.07) is 3.93. The fraction of sp³-hybridized carbons (Fsp3) is 0.545. The third-order valence-electron chi connectivity index (χ3n) is 2.94. The molecule has 0 bridgehead atoms. The lowest BCUT2D eigenvalue weighted by molar-refractivity contribution is 0.108. The highest BCUT2D eigenvalue weighted by Crippen LogP contribution is 2.35. The van der Waals surface area contributed by atoms with Gasteiger partial charge in [-0.15, -0.1) is 0 Å². The number of aromatic nitrogens is 1. The predicted molar refractivity (Wildman–Crippen MR) is 56.6 cm³/mol. The molecule has 1 heterocycles. The topological polar surface area (TPSA) is 22.1 Å². The van der Waals surface area contributed by atoms with Gasteiger partial charge in [0.1, 0.15) is 5.15 Å². The summed E-state index contributed by atoms with van der Waals surface area (Å²) in [5.41, 5.74) is 1.29. The Labute approximate surface area is 89.3 Å². The average Bonchev–Trinajstić information content (AvgIpc) is 2.67. The van der Waals surface area contributed by atoms with Crippen LogP contribution in [-0.4, -0.2) is 18.2 Å². The molecule has 1 aromatic rings. The van der Waals surface area contributed by atoms with Crippen LogP contribution in [0, 0.1) is 0 Å². The number of pyridine rings is 1. The molecule has 0 saturated heterocycles. The Morgan fingerprint density at radius 1 is 1.43 bits per heavy atom.